The minimum absolute atomic E-state index is 0.429. The molecule has 0 heterocycles. The Hall–Kier alpha value is -2.73. The third-order valence-corrected chi connectivity index (χ3v) is 8.72. The first-order valence-corrected chi connectivity index (χ1v) is 22.1. The van der Waals surface area contributed by atoms with Crippen LogP contribution in [0.1, 0.15) is 67.8 Å². The Morgan fingerprint density at radius 1 is 0.333 bits per heavy atom. The largest absolute Gasteiger partial charge is 0.491 e. The molecular weight excluding hydrogens is 776 g/mol. The molecule has 0 N–H and O–H groups in total. The zero-order valence-electron chi connectivity index (χ0n) is 36.5. The molecule has 60 heavy (non-hydrogen) atoms. The van der Waals surface area contributed by atoms with E-state index in [2.05, 4.69) is 31.2 Å². The second-order valence-electron chi connectivity index (χ2n) is 13.6. The SMILES string of the molecule is CCCCCCCCCc1ccc(OCCOCCOCCOCCOCCOCCOCCOCCOCCOCCOCCOCCOc2ccc(C=O)cc2)cc1. The molecule has 0 spiro atoms. The fourth-order valence-corrected chi connectivity index (χ4v) is 5.42. The van der Waals surface area contributed by atoms with Gasteiger partial charge in [-0.05, 0) is 54.8 Å². The third kappa shape index (κ3) is 34.9. The van der Waals surface area contributed by atoms with Crippen LogP contribution in [-0.2, 0) is 58.5 Å². The number of aryl methyl sites for hydroxylation is 1. The van der Waals surface area contributed by atoms with Gasteiger partial charge in [-0.3, -0.25) is 4.79 Å². The van der Waals surface area contributed by atoms with E-state index in [-0.39, 0.29) is 0 Å². The molecule has 0 bridgehead atoms. The lowest BCUT2D eigenvalue weighted by atomic mass is 10.0. The second-order valence-corrected chi connectivity index (χ2v) is 13.6. The summed E-state index contributed by atoms with van der Waals surface area (Å²) in [5.41, 5.74) is 1.99. The number of hydrogen-bond acceptors (Lipinski definition) is 14. The Labute approximate surface area is 360 Å². The van der Waals surface area contributed by atoms with Gasteiger partial charge < -0.3 is 61.6 Å². The summed E-state index contributed by atoms with van der Waals surface area (Å²) in [6.07, 6.45) is 11.3. The standard InChI is InChI=1S/C46H76O14/c1-2-3-4-5-6-7-8-9-43-10-14-45(15-11-43)59-40-38-57-36-34-55-32-30-53-28-26-51-24-22-49-20-18-48-19-21-50-23-25-52-27-29-54-31-33-56-35-37-58-39-41-60-46-16-12-44(42-47)13-17-46/h10-17,42H,2-9,18-41H2,1H3. The Bertz CT molecular complexity index is 1170. The molecule has 14 heteroatoms. The van der Waals surface area contributed by atoms with Crippen LogP contribution in [0.25, 0.3) is 0 Å². The zero-order chi connectivity index (χ0) is 42.5. The molecule has 0 atom stereocenters. The molecule has 0 saturated heterocycles. The molecule has 0 aliphatic rings. The summed E-state index contributed by atoms with van der Waals surface area (Å²) in [4.78, 5) is 10.7. The van der Waals surface area contributed by atoms with E-state index in [1.165, 1.54) is 50.5 Å². The van der Waals surface area contributed by atoms with Gasteiger partial charge in [0.15, 0.2) is 0 Å². The number of hydrogen-bond donors (Lipinski definition) is 0. The number of aldehydes is 1. The van der Waals surface area contributed by atoms with E-state index in [0.29, 0.717) is 170 Å². The van der Waals surface area contributed by atoms with Crippen molar-refractivity contribution in [2.45, 2.75) is 58.3 Å². The topological polar surface area (TPSA) is 137 Å². The average molecular weight is 853 g/mol. The van der Waals surface area contributed by atoms with Crippen LogP contribution in [0.3, 0.4) is 0 Å². The van der Waals surface area contributed by atoms with Crippen molar-refractivity contribution >= 4 is 6.29 Å². The Balaban J connectivity index is 1.16. The van der Waals surface area contributed by atoms with Gasteiger partial charge in [-0.25, -0.2) is 0 Å². The van der Waals surface area contributed by atoms with Crippen LogP contribution in [0.15, 0.2) is 48.5 Å². The third-order valence-electron chi connectivity index (χ3n) is 8.72. The highest BCUT2D eigenvalue weighted by molar-refractivity contribution is 5.74. The summed E-state index contributed by atoms with van der Waals surface area (Å²) in [6.45, 7) is 14.2. The molecule has 0 unspecified atom stereocenters. The summed E-state index contributed by atoms with van der Waals surface area (Å²) < 4.78 is 72.1. The number of rotatable bonds is 47. The van der Waals surface area contributed by atoms with E-state index in [0.717, 1.165) is 18.5 Å². The number of carbonyl (C=O) groups excluding carboxylic acids is 1. The van der Waals surface area contributed by atoms with Crippen LogP contribution >= 0.6 is 0 Å². The number of carbonyl (C=O) groups is 1. The first-order chi connectivity index (χ1) is 29.8. The van der Waals surface area contributed by atoms with E-state index in [4.69, 9.17) is 61.6 Å². The first-order valence-electron chi connectivity index (χ1n) is 22.1. The monoisotopic (exact) mass is 853 g/mol. The molecule has 0 radical (unpaired) electrons. The molecule has 0 saturated carbocycles. The van der Waals surface area contributed by atoms with Crippen molar-refractivity contribution in [1.82, 2.24) is 0 Å². The van der Waals surface area contributed by atoms with Gasteiger partial charge in [-0.1, -0.05) is 57.6 Å². The quantitative estimate of drug-likeness (QED) is 0.0534. The molecule has 2 aromatic carbocycles. The maximum Gasteiger partial charge on any atom is 0.150 e. The summed E-state index contributed by atoms with van der Waals surface area (Å²) in [7, 11) is 0. The molecule has 344 valence electrons. The zero-order valence-corrected chi connectivity index (χ0v) is 36.5. The van der Waals surface area contributed by atoms with Crippen LogP contribution in [0.5, 0.6) is 11.5 Å². The molecule has 2 aromatic rings. The van der Waals surface area contributed by atoms with Gasteiger partial charge in [0.05, 0.1) is 145 Å². The lowest BCUT2D eigenvalue weighted by molar-refractivity contribution is -0.0279. The molecular formula is C46H76O14. The van der Waals surface area contributed by atoms with E-state index in [1.54, 1.807) is 24.3 Å². The maximum atomic E-state index is 10.7. The van der Waals surface area contributed by atoms with Gasteiger partial charge in [0.2, 0.25) is 0 Å². The second kappa shape index (κ2) is 42.9. The van der Waals surface area contributed by atoms with Gasteiger partial charge in [-0.2, -0.15) is 0 Å². The van der Waals surface area contributed by atoms with Gasteiger partial charge in [0.25, 0.3) is 0 Å². The smallest absolute Gasteiger partial charge is 0.150 e. The van der Waals surface area contributed by atoms with Gasteiger partial charge >= 0.3 is 0 Å². The summed E-state index contributed by atoms with van der Waals surface area (Å²) >= 11 is 0. The maximum absolute atomic E-state index is 10.7. The predicted molar refractivity (Wildman–Crippen MR) is 230 cm³/mol. The van der Waals surface area contributed by atoms with Gasteiger partial charge in [0.1, 0.15) is 31.0 Å². The van der Waals surface area contributed by atoms with Crippen LogP contribution in [-0.4, -0.2) is 165 Å². The summed E-state index contributed by atoms with van der Waals surface area (Å²) in [6, 6.07) is 15.4. The van der Waals surface area contributed by atoms with Gasteiger partial charge in [0, 0.05) is 5.56 Å². The highest BCUT2D eigenvalue weighted by atomic mass is 16.6. The average Bonchev–Trinajstić information content (AvgIpc) is 3.27. The Morgan fingerprint density at radius 3 is 0.900 bits per heavy atom. The minimum Gasteiger partial charge on any atom is -0.491 e. The summed E-state index contributed by atoms with van der Waals surface area (Å²) in [5.74, 6) is 1.59. The fourth-order valence-electron chi connectivity index (χ4n) is 5.42. The lowest BCUT2D eigenvalue weighted by Crippen LogP contribution is -2.15. The first kappa shape index (κ1) is 53.4. The predicted octanol–water partition coefficient (Wildman–Crippen LogP) is 6.43. The minimum atomic E-state index is 0.429. The fraction of sp³-hybridized carbons (Fsp3) is 0.717. The van der Waals surface area contributed by atoms with Gasteiger partial charge in [-0.15, -0.1) is 0 Å². The highest BCUT2D eigenvalue weighted by Crippen LogP contribution is 2.15. The van der Waals surface area contributed by atoms with Crippen molar-refractivity contribution in [3.05, 3.63) is 59.7 Å². The van der Waals surface area contributed by atoms with Crippen LogP contribution in [0.4, 0.5) is 0 Å². The van der Waals surface area contributed by atoms with Crippen molar-refractivity contribution in [2.24, 2.45) is 0 Å². The van der Waals surface area contributed by atoms with Crippen molar-refractivity contribution in [2.75, 3.05) is 159 Å². The van der Waals surface area contributed by atoms with Crippen molar-refractivity contribution in [1.29, 1.82) is 0 Å². The number of benzene rings is 2. The van der Waals surface area contributed by atoms with Crippen molar-refractivity contribution in [3.63, 3.8) is 0 Å². The van der Waals surface area contributed by atoms with Crippen LogP contribution in [0.2, 0.25) is 0 Å². The van der Waals surface area contributed by atoms with Crippen LogP contribution < -0.4 is 9.47 Å². The molecule has 0 aliphatic heterocycles. The van der Waals surface area contributed by atoms with E-state index in [9.17, 15) is 4.79 Å². The Morgan fingerprint density at radius 2 is 0.600 bits per heavy atom. The normalized spacial score (nSPS) is 11.3. The molecule has 0 aliphatic carbocycles. The lowest BCUT2D eigenvalue weighted by Gasteiger charge is -2.09. The van der Waals surface area contributed by atoms with E-state index < -0.39 is 0 Å². The Kier molecular flexibility index (Phi) is 38.2. The van der Waals surface area contributed by atoms with E-state index >= 15 is 0 Å². The highest BCUT2D eigenvalue weighted by Gasteiger charge is 2.00. The van der Waals surface area contributed by atoms with Crippen molar-refractivity contribution < 1.29 is 66.4 Å². The molecule has 14 nitrogen and oxygen atoms in total. The number of ether oxygens (including phenoxy) is 13. The molecule has 2 rings (SSSR count). The number of unbranched alkanes of at least 4 members (excludes halogenated alkanes) is 6. The molecule has 0 fully saturated rings. The van der Waals surface area contributed by atoms with Crippen molar-refractivity contribution in [3.8, 4) is 11.5 Å². The van der Waals surface area contributed by atoms with Crippen LogP contribution in [0, 0.1) is 0 Å². The molecule has 0 amide bonds. The van der Waals surface area contributed by atoms with E-state index in [1.807, 2.05) is 0 Å². The summed E-state index contributed by atoms with van der Waals surface area (Å²) in [5, 5.41) is 0. The molecule has 0 aromatic heterocycles.